The lowest BCUT2D eigenvalue weighted by atomic mass is 9.53. The largest absolute Gasteiger partial charge is 0.497 e. The smallest absolute Gasteiger partial charge is 0.310 e. The van der Waals surface area contributed by atoms with Crippen LogP contribution >= 0.6 is 0 Å². The van der Waals surface area contributed by atoms with E-state index >= 15 is 0 Å². The molecule has 2 saturated carbocycles. The first-order chi connectivity index (χ1) is 15.9. The Morgan fingerprint density at radius 2 is 1.97 bits per heavy atom. The molecular formula is C27H38N2O4. The third kappa shape index (κ3) is 3.65. The van der Waals surface area contributed by atoms with Gasteiger partial charge in [0.1, 0.15) is 11.9 Å². The summed E-state index contributed by atoms with van der Waals surface area (Å²) >= 11 is 0. The highest BCUT2D eigenvalue weighted by molar-refractivity contribution is 5.75. The molecule has 180 valence electrons. The number of benzene rings is 1. The molecule has 3 heterocycles. The number of piperazine rings is 1. The molecule has 5 fully saturated rings. The van der Waals surface area contributed by atoms with Crippen molar-refractivity contribution in [3.8, 4) is 5.75 Å². The summed E-state index contributed by atoms with van der Waals surface area (Å²) < 4.78 is 17.4. The van der Waals surface area contributed by atoms with E-state index < -0.39 is 0 Å². The van der Waals surface area contributed by atoms with Gasteiger partial charge in [-0.2, -0.15) is 0 Å². The Bertz CT molecular complexity index is 900. The Kier molecular flexibility index (Phi) is 5.18. The number of carbonyl (C=O) groups excluding carboxylic acids is 1. The number of rotatable bonds is 4. The van der Waals surface area contributed by atoms with Gasteiger partial charge in [0.15, 0.2) is 0 Å². The molecule has 1 spiro atoms. The molecule has 0 unspecified atom stereocenters. The molecule has 1 aromatic carbocycles. The van der Waals surface area contributed by atoms with Gasteiger partial charge in [0.2, 0.25) is 0 Å². The van der Waals surface area contributed by atoms with Crippen molar-refractivity contribution in [2.24, 2.45) is 23.2 Å². The van der Waals surface area contributed by atoms with Crippen molar-refractivity contribution in [1.82, 2.24) is 4.90 Å². The molecule has 0 amide bonds. The van der Waals surface area contributed by atoms with Gasteiger partial charge in [0.25, 0.3) is 0 Å². The Balaban J connectivity index is 1.12. The minimum atomic E-state index is 0.0111. The number of fused-ring (bicyclic) bond motifs is 3. The van der Waals surface area contributed by atoms with Crippen molar-refractivity contribution in [3.05, 3.63) is 24.3 Å². The van der Waals surface area contributed by atoms with E-state index in [1.807, 2.05) is 12.1 Å². The van der Waals surface area contributed by atoms with E-state index in [1.165, 1.54) is 24.9 Å². The zero-order valence-corrected chi connectivity index (χ0v) is 20.3. The number of esters is 1. The summed E-state index contributed by atoms with van der Waals surface area (Å²) in [5.74, 6) is 1.88. The molecule has 6 heteroatoms. The Hall–Kier alpha value is -1.79. The van der Waals surface area contributed by atoms with Crippen molar-refractivity contribution in [2.75, 3.05) is 44.8 Å². The fourth-order valence-electron chi connectivity index (χ4n) is 7.80. The van der Waals surface area contributed by atoms with Gasteiger partial charge in [-0.15, -0.1) is 0 Å². The minimum Gasteiger partial charge on any atom is -0.497 e. The highest BCUT2D eigenvalue weighted by Crippen LogP contribution is 2.62. The average Bonchev–Trinajstić information content (AvgIpc) is 3.51. The summed E-state index contributed by atoms with van der Waals surface area (Å²) in [6.45, 7) is 9.40. The van der Waals surface area contributed by atoms with Gasteiger partial charge in [0, 0.05) is 43.8 Å². The SMILES string of the molecule is COc1ccc(N2CCN(C[C@H]3C(=O)O[C@@H]4C[C@@]5(C)CCC[C@@]6(CO6)[C@@H]5C[C@@H]43)C[C@@H]2C)cc1. The molecule has 0 aromatic heterocycles. The van der Waals surface area contributed by atoms with Gasteiger partial charge >= 0.3 is 5.97 Å². The van der Waals surface area contributed by atoms with Crippen molar-refractivity contribution < 1.29 is 19.0 Å². The summed E-state index contributed by atoms with van der Waals surface area (Å²) in [7, 11) is 1.70. The molecule has 0 bridgehead atoms. The van der Waals surface area contributed by atoms with E-state index in [0.717, 1.165) is 51.4 Å². The molecule has 2 aliphatic carbocycles. The van der Waals surface area contributed by atoms with Crippen molar-refractivity contribution in [3.63, 3.8) is 0 Å². The van der Waals surface area contributed by atoms with E-state index in [9.17, 15) is 4.79 Å². The fourth-order valence-corrected chi connectivity index (χ4v) is 7.80. The van der Waals surface area contributed by atoms with Gasteiger partial charge in [-0.3, -0.25) is 9.69 Å². The quantitative estimate of drug-likeness (QED) is 0.510. The van der Waals surface area contributed by atoms with E-state index in [0.29, 0.717) is 17.9 Å². The predicted molar refractivity (Wildman–Crippen MR) is 126 cm³/mol. The maximum absolute atomic E-state index is 13.0. The zero-order valence-electron chi connectivity index (χ0n) is 20.3. The van der Waals surface area contributed by atoms with Crippen LogP contribution in [-0.4, -0.2) is 68.5 Å². The second kappa shape index (κ2) is 7.88. The molecule has 3 aliphatic heterocycles. The first-order valence-electron chi connectivity index (χ1n) is 12.9. The monoisotopic (exact) mass is 454 g/mol. The highest BCUT2D eigenvalue weighted by Gasteiger charge is 2.65. The number of carbonyl (C=O) groups is 1. The summed E-state index contributed by atoms with van der Waals surface area (Å²) in [5.41, 5.74) is 1.62. The predicted octanol–water partition coefficient (Wildman–Crippen LogP) is 3.73. The molecule has 7 atom stereocenters. The third-order valence-corrected chi connectivity index (χ3v) is 9.65. The second-order valence-electron chi connectivity index (χ2n) is 11.6. The number of anilines is 1. The molecule has 1 aromatic rings. The van der Waals surface area contributed by atoms with Crippen LogP contribution in [0, 0.1) is 23.2 Å². The minimum absolute atomic E-state index is 0.0111. The number of epoxide rings is 1. The van der Waals surface area contributed by atoms with Crippen LogP contribution in [0.3, 0.4) is 0 Å². The van der Waals surface area contributed by atoms with Gasteiger partial charge in [-0.05, 0) is 74.6 Å². The maximum Gasteiger partial charge on any atom is 0.310 e. The number of ether oxygens (including phenoxy) is 3. The molecule has 5 aliphatic rings. The lowest BCUT2D eigenvalue weighted by molar-refractivity contribution is -0.147. The zero-order chi connectivity index (χ0) is 22.8. The van der Waals surface area contributed by atoms with Gasteiger partial charge in [0.05, 0.1) is 25.2 Å². The van der Waals surface area contributed by atoms with Crippen LogP contribution in [0.5, 0.6) is 5.75 Å². The van der Waals surface area contributed by atoms with Crippen LogP contribution < -0.4 is 9.64 Å². The van der Waals surface area contributed by atoms with E-state index in [2.05, 4.69) is 35.8 Å². The van der Waals surface area contributed by atoms with Gasteiger partial charge in [-0.1, -0.05) is 6.92 Å². The standard InChI is InChI=1S/C27H38N2O4/c1-18-15-28(11-12-29(18)19-5-7-20(31-3)8-6-19)16-22-21-13-24-26(2,14-23(21)33-25(22)30)9-4-10-27(24)17-32-27/h5-8,18,21-24H,4,9-17H2,1-3H3/t18-,21+,22+,23+,24+,26+,27+/m0/s1. The van der Waals surface area contributed by atoms with Crippen LogP contribution in [0.15, 0.2) is 24.3 Å². The Morgan fingerprint density at radius 3 is 2.67 bits per heavy atom. The van der Waals surface area contributed by atoms with Crippen molar-refractivity contribution in [1.29, 1.82) is 0 Å². The number of hydrogen-bond acceptors (Lipinski definition) is 6. The number of methoxy groups -OCH3 is 1. The van der Waals surface area contributed by atoms with Crippen LogP contribution in [-0.2, 0) is 14.3 Å². The third-order valence-electron chi connectivity index (χ3n) is 9.65. The van der Waals surface area contributed by atoms with Crippen LogP contribution in [0.1, 0.15) is 46.0 Å². The molecule has 33 heavy (non-hydrogen) atoms. The lowest BCUT2D eigenvalue weighted by Gasteiger charge is -2.51. The molecule has 3 saturated heterocycles. The Labute approximate surface area is 197 Å². The highest BCUT2D eigenvalue weighted by atomic mass is 16.6. The van der Waals surface area contributed by atoms with Gasteiger partial charge in [-0.25, -0.2) is 0 Å². The lowest BCUT2D eigenvalue weighted by Crippen LogP contribution is -2.54. The van der Waals surface area contributed by atoms with E-state index in [4.69, 9.17) is 14.2 Å². The molecule has 0 radical (unpaired) electrons. The average molecular weight is 455 g/mol. The summed E-state index contributed by atoms with van der Waals surface area (Å²) in [4.78, 5) is 18.0. The summed E-state index contributed by atoms with van der Waals surface area (Å²) in [6, 6.07) is 8.74. The van der Waals surface area contributed by atoms with E-state index in [1.54, 1.807) is 7.11 Å². The molecule has 0 N–H and O–H groups in total. The first kappa shape index (κ1) is 21.7. The number of hydrogen-bond donors (Lipinski definition) is 0. The molecule has 6 rings (SSSR count). The van der Waals surface area contributed by atoms with Crippen LogP contribution in [0.2, 0.25) is 0 Å². The summed E-state index contributed by atoms with van der Waals surface area (Å²) in [5, 5.41) is 0. The summed E-state index contributed by atoms with van der Waals surface area (Å²) in [6.07, 6.45) is 5.93. The molecular weight excluding hydrogens is 416 g/mol. The van der Waals surface area contributed by atoms with Gasteiger partial charge < -0.3 is 19.1 Å². The normalized spacial score (nSPS) is 42.6. The Morgan fingerprint density at radius 1 is 1.18 bits per heavy atom. The van der Waals surface area contributed by atoms with Crippen molar-refractivity contribution >= 4 is 11.7 Å². The second-order valence-corrected chi connectivity index (χ2v) is 11.6. The maximum atomic E-state index is 13.0. The van der Waals surface area contributed by atoms with Crippen LogP contribution in [0.4, 0.5) is 5.69 Å². The topological polar surface area (TPSA) is 54.5 Å². The number of nitrogens with zero attached hydrogens (tertiary/aromatic N) is 2. The molecule has 6 nitrogen and oxygen atoms in total. The fraction of sp³-hybridized carbons (Fsp3) is 0.741. The van der Waals surface area contributed by atoms with Crippen LogP contribution in [0.25, 0.3) is 0 Å². The van der Waals surface area contributed by atoms with E-state index in [-0.39, 0.29) is 29.0 Å². The van der Waals surface area contributed by atoms with Crippen molar-refractivity contribution in [2.45, 2.75) is 63.7 Å². The first-order valence-corrected chi connectivity index (χ1v) is 12.9.